The van der Waals surface area contributed by atoms with Crippen molar-refractivity contribution >= 4 is 22.3 Å². The predicted molar refractivity (Wildman–Crippen MR) is 86.8 cm³/mol. The van der Waals surface area contributed by atoms with E-state index in [0.29, 0.717) is 31.1 Å². The monoisotopic (exact) mass is 400 g/mol. The summed E-state index contributed by atoms with van der Waals surface area (Å²) in [7, 11) is -5.02. The molecule has 4 rings (SSSR count). The minimum absolute atomic E-state index is 0.151. The zero-order chi connectivity index (χ0) is 19.4. The summed E-state index contributed by atoms with van der Waals surface area (Å²) in [5.41, 5.74) is 0. The summed E-state index contributed by atoms with van der Waals surface area (Å²) in [5.74, 6) is -0.328. The molecule has 3 fully saturated rings. The van der Waals surface area contributed by atoms with Gasteiger partial charge in [-0.15, -0.1) is 0 Å². The molecule has 1 aromatic heterocycles. The molecule has 3 aliphatic heterocycles. The Hall–Kier alpha value is -2.28. The first-order valence-electron chi connectivity index (χ1n) is 8.47. The molecular formula is C15H20N4O7S. The lowest BCUT2D eigenvalue weighted by Crippen LogP contribution is -2.50. The Morgan fingerprint density at radius 2 is 2.00 bits per heavy atom. The number of piperidine rings is 1. The molecule has 12 heteroatoms. The van der Waals surface area contributed by atoms with E-state index in [1.807, 2.05) is 30.6 Å². The van der Waals surface area contributed by atoms with E-state index in [1.165, 1.54) is 9.96 Å². The van der Waals surface area contributed by atoms with E-state index < -0.39 is 28.5 Å². The van der Waals surface area contributed by atoms with E-state index in [4.69, 9.17) is 4.84 Å². The van der Waals surface area contributed by atoms with E-state index in [2.05, 4.69) is 9.27 Å². The number of carbonyl (C=O) groups is 2. The lowest BCUT2D eigenvalue weighted by atomic mass is 10.0. The van der Waals surface area contributed by atoms with E-state index >= 15 is 0 Å². The molecule has 1 aromatic rings. The maximum Gasteiger partial charge on any atom is 0.346 e. The molecule has 0 spiro atoms. The number of nitrogens with zero attached hydrogens (tertiary/aromatic N) is 3. The van der Waals surface area contributed by atoms with Gasteiger partial charge in [-0.1, -0.05) is 6.07 Å². The summed E-state index contributed by atoms with van der Waals surface area (Å²) >= 11 is 0. The van der Waals surface area contributed by atoms with E-state index in [9.17, 15) is 22.6 Å². The fourth-order valence-electron chi connectivity index (χ4n) is 3.21. The molecule has 0 saturated carbocycles. The van der Waals surface area contributed by atoms with Crippen molar-refractivity contribution in [3.8, 4) is 0 Å². The third-order valence-electron chi connectivity index (χ3n) is 4.39. The highest BCUT2D eigenvalue weighted by atomic mass is 32.3. The van der Waals surface area contributed by atoms with Crippen molar-refractivity contribution in [2.45, 2.75) is 31.3 Å². The van der Waals surface area contributed by atoms with Crippen molar-refractivity contribution in [1.29, 1.82) is 0 Å². The molecule has 3 amide bonds. The van der Waals surface area contributed by atoms with Gasteiger partial charge < -0.3 is 9.45 Å². The van der Waals surface area contributed by atoms with Crippen molar-refractivity contribution < 1.29 is 36.7 Å². The largest absolute Gasteiger partial charge is 0.724 e. The number of hydrogen-bond acceptors (Lipinski definition) is 7. The highest BCUT2D eigenvalue weighted by Crippen LogP contribution is 2.31. The normalized spacial score (nSPS) is 24.6. The van der Waals surface area contributed by atoms with Gasteiger partial charge in [-0.3, -0.25) is 9.63 Å². The molecule has 0 unspecified atom stereocenters. The second-order valence-corrected chi connectivity index (χ2v) is 7.16. The van der Waals surface area contributed by atoms with Crippen molar-refractivity contribution in [3.05, 3.63) is 30.6 Å². The van der Waals surface area contributed by atoms with Crippen LogP contribution in [0.4, 0.5) is 4.79 Å². The second-order valence-electron chi connectivity index (χ2n) is 6.19. The maximum absolute atomic E-state index is 12.3. The van der Waals surface area contributed by atoms with Gasteiger partial charge in [0.25, 0.3) is 5.91 Å². The van der Waals surface area contributed by atoms with Gasteiger partial charge in [0.1, 0.15) is 6.04 Å². The molecule has 3 saturated heterocycles. The second kappa shape index (κ2) is 8.17. The van der Waals surface area contributed by atoms with Gasteiger partial charge in [-0.05, 0) is 19.3 Å². The lowest BCUT2D eigenvalue weighted by molar-refractivity contribution is -0.377. The zero-order valence-corrected chi connectivity index (χ0v) is 15.2. The third kappa shape index (κ3) is 4.71. The number of urea groups is 1. The minimum atomic E-state index is -5.02. The maximum atomic E-state index is 12.3. The van der Waals surface area contributed by atoms with Crippen LogP contribution in [0.1, 0.15) is 19.3 Å². The van der Waals surface area contributed by atoms with Crippen LogP contribution in [0.15, 0.2) is 30.6 Å². The van der Waals surface area contributed by atoms with Gasteiger partial charge in [0, 0.05) is 18.7 Å². The first kappa shape index (κ1) is 19.5. The summed E-state index contributed by atoms with van der Waals surface area (Å²) in [4.78, 5) is 33.7. The van der Waals surface area contributed by atoms with Crippen molar-refractivity contribution in [1.82, 2.24) is 15.0 Å². The Morgan fingerprint density at radius 1 is 1.26 bits per heavy atom. The quantitative estimate of drug-likeness (QED) is 0.484. The molecule has 2 atom stereocenters. The van der Waals surface area contributed by atoms with Crippen LogP contribution in [0, 0.1) is 0 Å². The third-order valence-corrected chi connectivity index (χ3v) is 4.73. The number of hydroxylamine groups is 4. The molecule has 0 radical (unpaired) electrons. The minimum Gasteiger partial charge on any atom is -0.724 e. The van der Waals surface area contributed by atoms with E-state index in [1.54, 1.807) is 0 Å². The Kier molecular flexibility index (Phi) is 5.89. The highest BCUT2D eigenvalue weighted by Gasteiger charge is 2.49. The predicted octanol–water partition coefficient (Wildman–Crippen LogP) is -0.689. The van der Waals surface area contributed by atoms with Crippen LogP contribution in [0.3, 0.4) is 0 Å². The number of carbonyl (C=O) groups excluding carboxylic acids is 2. The topological polar surface area (TPSA) is 134 Å². The molecule has 0 aliphatic carbocycles. The number of nitrogens with one attached hydrogen (secondary N) is 1. The smallest absolute Gasteiger partial charge is 0.346 e. The van der Waals surface area contributed by atoms with Crippen molar-refractivity contribution in [2.75, 3.05) is 19.7 Å². The van der Waals surface area contributed by atoms with Crippen LogP contribution < -0.4 is 4.98 Å². The van der Waals surface area contributed by atoms with E-state index in [-0.39, 0.29) is 12.5 Å². The standard InChI is InChI=1S/C10H15N3O7S.C5H5N/c14-9(12-4-1-5-19-12)8-3-2-7-6-11(8)10(15)13(7)20-21(16,17)18;1-2-4-6-5-3-1/h7-8H,1-6H2,(H,16,17,18);1-5H/t7-,8+;/m1./s1. The zero-order valence-electron chi connectivity index (χ0n) is 14.4. The van der Waals surface area contributed by atoms with Crippen LogP contribution >= 0.6 is 0 Å². The summed E-state index contributed by atoms with van der Waals surface area (Å²) < 4.78 is 36.2. The number of pyridine rings is 1. The van der Waals surface area contributed by atoms with Crippen LogP contribution in [-0.2, 0) is 24.3 Å². The van der Waals surface area contributed by atoms with Gasteiger partial charge in [0.15, 0.2) is 12.4 Å². The summed E-state index contributed by atoms with van der Waals surface area (Å²) in [6.45, 7) is 1.08. The number of rotatable bonds is 3. The van der Waals surface area contributed by atoms with Crippen LogP contribution in [-0.4, -0.2) is 71.7 Å². The van der Waals surface area contributed by atoms with Crippen molar-refractivity contribution in [2.24, 2.45) is 0 Å². The first-order valence-corrected chi connectivity index (χ1v) is 9.81. The summed E-state index contributed by atoms with van der Waals surface area (Å²) in [6, 6.07) is 3.82. The number of fused-ring (bicyclic) bond motifs is 2. The number of aromatic nitrogens is 1. The van der Waals surface area contributed by atoms with Crippen molar-refractivity contribution in [3.63, 3.8) is 0 Å². The Bertz CT molecular complexity index is 743. The molecule has 4 heterocycles. The number of hydrogen-bond donors (Lipinski definition) is 0. The molecule has 3 aliphatic rings. The number of aromatic amines is 1. The molecule has 27 heavy (non-hydrogen) atoms. The summed E-state index contributed by atoms with van der Waals surface area (Å²) in [6.07, 6.45) is 5.23. The molecule has 0 aromatic carbocycles. The Balaban J connectivity index is 0.000000299. The first-order chi connectivity index (χ1) is 12.9. The molecule has 1 N–H and O–H groups in total. The SMILES string of the molecule is O=C([C@@H]1CC[C@@H]2CN1C(=O)N2OS(=O)(=O)[O-])N1CCCO1.c1cc[nH+]cc1. The molecule has 2 bridgehead atoms. The fourth-order valence-corrected chi connectivity index (χ4v) is 3.60. The lowest BCUT2D eigenvalue weighted by Gasteiger charge is -2.31. The van der Waals surface area contributed by atoms with Gasteiger partial charge in [-0.25, -0.2) is 23.3 Å². The van der Waals surface area contributed by atoms with Crippen LogP contribution in [0.25, 0.3) is 0 Å². The fraction of sp³-hybridized carbons (Fsp3) is 0.533. The molecular weight excluding hydrogens is 380 g/mol. The average molecular weight is 400 g/mol. The van der Waals surface area contributed by atoms with Crippen LogP contribution in [0.5, 0.6) is 0 Å². The number of amides is 3. The van der Waals surface area contributed by atoms with E-state index in [0.717, 1.165) is 6.42 Å². The highest BCUT2D eigenvalue weighted by molar-refractivity contribution is 7.80. The molecule has 148 valence electrons. The summed E-state index contributed by atoms with van der Waals surface area (Å²) in [5, 5.41) is 1.78. The Morgan fingerprint density at radius 3 is 2.52 bits per heavy atom. The van der Waals surface area contributed by atoms with Crippen LogP contribution in [0.2, 0.25) is 0 Å². The average Bonchev–Trinajstić information content (AvgIpc) is 3.27. The van der Waals surface area contributed by atoms with Gasteiger partial charge in [0.05, 0.1) is 19.2 Å². The Labute approximate surface area is 156 Å². The van der Waals surface area contributed by atoms with Gasteiger partial charge in [0.2, 0.25) is 10.4 Å². The van der Waals surface area contributed by atoms with Gasteiger partial charge >= 0.3 is 6.03 Å². The van der Waals surface area contributed by atoms with Gasteiger partial charge in [-0.2, -0.15) is 9.35 Å². The number of H-pyrrole nitrogens is 1. The molecule has 11 nitrogen and oxygen atoms in total.